The maximum atomic E-state index is 12.8. The Morgan fingerprint density at radius 3 is 0.942 bits per heavy atom. The molecule has 0 aromatic rings. The molecule has 0 saturated heterocycles. The van der Waals surface area contributed by atoms with Crippen molar-refractivity contribution in [2.24, 2.45) is 0 Å². The van der Waals surface area contributed by atoms with Crippen molar-refractivity contribution in [1.29, 1.82) is 0 Å². The number of hydrogen-bond acceptors (Lipinski definition) is 6. The van der Waals surface area contributed by atoms with Crippen LogP contribution in [0.15, 0.2) is 122 Å². The summed E-state index contributed by atoms with van der Waals surface area (Å²) in [6, 6.07) is 0. The molecule has 0 N–H and O–H groups in total. The highest BCUT2D eigenvalue weighted by Crippen LogP contribution is 2.15. The van der Waals surface area contributed by atoms with Crippen LogP contribution in [0.2, 0.25) is 0 Å². The molecule has 0 aromatic carbocycles. The molecule has 0 fully saturated rings. The molecule has 69 heavy (non-hydrogen) atoms. The van der Waals surface area contributed by atoms with E-state index in [0.717, 1.165) is 109 Å². The minimum Gasteiger partial charge on any atom is -0.462 e. The van der Waals surface area contributed by atoms with E-state index in [2.05, 4.69) is 130 Å². The summed E-state index contributed by atoms with van der Waals surface area (Å²) in [5.74, 6) is -1.04. The van der Waals surface area contributed by atoms with Crippen LogP contribution in [0.25, 0.3) is 0 Å². The summed E-state index contributed by atoms with van der Waals surface area (Å²) >= 11 is 0. The molecule has 0 radical (unpaired) electrons. The van der Waals surface area contributed by atoms with Gasteiger partial charge in [-0.1, -0.05) is 245 Å². The minimum absolute atomic E-state index is 0.119. The van der Waals surface area contributed by atoms with Crippen molar-refractivity contribution in [2.75, 3.05) is 13.2 Å². The monoisotopic (exact) mass is 955 g/mol. The summed E-state index contributed by atoms with van der Waals surface area (Å²) in [7, 11) is 0. The Labute approximate surface area is 424 Å². The largest absolute Gasteiger partial charge is 0.462 e. The zero-order valence-corrected chi connectivity index (χ0v) is 44.5. The van der Waals surface area contributed by atoms with E-state index in [9.17, 15) is 14.4 Å². The number of allylic oxidation sites excluding steroid dienone is 20. The molecule has 0 aliphatic heterocycles. The molecule has 0 bridgehead atoms. The molecule has 6 nitrogen and oxygen atoms in total. The van der Waals surface area contributed by atoms with Crippen LogP contribution in [-0.2, 0) is 28.6 Å². The number of carbonyl (C=O) groups is 3. The number of rotatable bonds is 49. The predicted octanol–water partition coefficient (Wildman–Crippen LogP) is 18.9. The maximum Gasteiger partial charge on any atom is 0.306 e. The third-order valence-electron chi connectivity index (χ3n) is 11.5. The van der Waals surface area contributed by atoms with Gasteiger partial charge in [-0.15, -0.1) is 0 Å². The van der Waals surface area contributed by atoms with E-state index in [4.69, 9.17) is 14.2 Å². The molecule has 0 spiro atoms. The second kappa shape index (κ2) is 56.4. The lowest BCUT2D eigenvalue weighted by molar-refractivity contribution is -0.166. The van der Waals surface area contributed by atoms with Gasteiger partial charge < -0.3 is 14.2 Å². The Bertz CT molecular complexity index is 1470. The first-order valence-electron chi connectivity index (χ1n) is 28.0. The van der Waals surface area contributed by atoms with Crippen LogP contribution >= 0.6 is 0 Å². The molecule has 1 atom stereocenters. The Morgan fingerprint density at radius 2 is 0.594 bits per heavy atom. The topological polar surface area (TPSA) is 78.9 Å². The number of carbonyl (C=O) groups excluding carboxylic acids is 3. The van der Waals surface area contributed by atoms with E-state index >= 15 is 0 Å². The van der Waals surface area contributed by atoms with E-state index in [1.807, 2.05) is 12.2 Å². The quantitative estimate of drug-likeness (QED) is 0.0262. The standard InChI is InChI=1S/C63H102O6/c1-4-7-10-13-16-19-22-25-28-31-32-33-36-38-41-44-47-50-53-56-62(65)68-59-60(69-63(66)57-54-51-48-45-42-39-35-30-27-24-21-18-15-12-9-6-3)58-67-61(64)55-52-49-46-43-40-37-34-29-26-23-20-17-14-11-8-5-2/h7,9-10,12,16,18-19,21,25,27-28,30,32-33,38-39,41-42,48,51,60H,4-6,8,11,13-15,17,20,22-24,26,29,31,34-37,40,43-47,49-50,52-59H2,1-3H3/b10-7-,12-9-,19-16-,21-18-,28-25-,30-27-,33-32-,41-38-,42-39-,51-48-. The fourth-order valence-corrected chi connectivity index (χ4v) is 7.34. The van der Waals surface area contributed by atoms with Crippen LogP contribution in [-0.4, -0.2) is 37.2 Å². The van der Waals surface area contributed by atoms with Crippen LogP contribution < -0.4 is 0 Å². The summed E-state index contributed by atoms with van der Waals surface area (Å²) < 4.78 is 16.8. The van der Waals surface area contributed by atoms with Crippen molar-refractivity contribution in [3.8, 4) is 0 Å². The van der Waals surface area contributed by atoms with E-state index in [0.29, 0.717) is 19.3 Å². The molecule has 0 amide bonds. The van der Waals surface area contributed by atoms with E-state index in [1.165, 1.54) is 83.5 Å². The number of esters is 3. The average Bonchev–Trinajstić information content (AvgIpc) is 3.35. The molecule has 6 heteroatoms. The zero-order valence-electron chi connectivity index (χ0n) is 44.5. The van der Waals surface area contributed by atoms with Crippen molar-refractivity contribution in [3.63, 3.8) is 0 Å². The molecule has 0 aromatic heterocycles. The van der Waals surface area contributed by atoms with Gasteiger partial charge in [-0.2, -0.15) is 0 Å². The van der Waals surface area contributed by atoms with Crippen molar-refractivity contribution >= 4 is 17.9 Å². The summed E-state index contributed by atoms with van der Waals surface area (Å²) in [6.45, 7) is 6.32. The number of hydrogen-bond donors (Lipinski definition) is 0. The highest BCUT2D eigenvalue weighted by atomic mass is 16.6. The third kappa shape index (κ3) is 54.6. The fourth-order valence-electron chi connectivity index (χ4n) is 7.34. The molecule has 0 aliphatic carbocycles. The first-order chi connectivity index (χ1) is 34.0. The number of ether oxygens (including phenoxy) is 3. The van der Waals surface area contributed by atoms with Crippen molar-refractivity contribution in [3.05, 3.63) is 122 Å². The zero-order chi connectivity index (χ0) is 50.0. The van der Waals surface area contributed by atoms with Gasteiger partial charge in [0.15, 0.2) is 6.10 Å². The summed E-state index contributed by atoms with van der Waals surface area (Å²) in [5.41, 5.74) is 0. The van der Waals surface area contributed by atoms with Gasteiger partial charge in [-0.3, -0.25) is 14.4 Å². The first-order valence-corrected chi connectivity index (χ1v) is 28.0. The molecule has 0 saturated carbocycles. The maximum absolute atomic E-state index is 12.8. The number of unbranched alkanes of at least 4 members (excludes halogenated alkanes) is 18. The van der Waals surface area contributed by atoms with Gasteiger partial charge in [0.25, 0.3) is 0 Å². The van der Waals surface area contributed by atoms with Gasteiger partial charge in [0.05, 0.1) is 0 Å². The fraction of sp³-hybridized carbons (Fsp3) is 0.635. The van der Waals surface area contributed by atoms with Crippen LogP contribution in [0.4, 0.5) is 0 Å². The molecule has 0 rings (SSSR count). The second-order valence-electron chi connectivity index (χ2n) is 18.1. The van der Waals surface area contributed by atoms with Crippen molar-refractivity contribution in [1.82, 2.24) is 0 Å². The first kappa shape index (κ1) is 64.8. The summed E-state index contributed by atoms with van der Waals surface area (Å²) in [5, 5.41) is 0. The van der Waals surface area contributed by atoms with Crippen LogP contribution in [0.3, 0.4) is 0 Å². The Morgan fingerprint density at radius 1 is 0.304 bits per heavy atom. The molecular weight excluding hydrogens is 853 g/mol. The molecule has 390 valence electrons. The molecular formula is C63H102O6. The smallest absolute Gasteiger partial charge is 0.306 e. The average molecular weight is 956 g/mol. The van der Waals surface area contributed by atoms with Gasteiger partial charge in [-0.05, 0) is 96.3 Å². The predicted molar refractivity (Wildman–Crippen MR) is 297 cm³/mol. The lowest BCUT2D eigenvalue weighted by Crippen LogP contribution is -2.30. The Hall–Kier alpha value is -4.19. The lowest BCUT2D eigenvalue weighted by Gasteiger charge is -2.18. The molecule has 0 heterocycles. The Balaban J connectivity index is 4.55. The highest BCUT2D eigenvalue weighted by molar-refractivity contribution is 5.71. The Kier molecular flexibility index (Phi) is 53.0. The van der Waals surface area contributed by atoms with E-state index in [1.54, 1.807) is 0 Å². The summed E-state index contributed by atoms with van der Waals surface area (Å²) in [4.78, 5) is 38.1. The van der Waals surface area contributed by atoms with Gasteiger partial charge in [0, 0.05) is 19.3 Å². The third-order valence-corrected chi connectivity index (χ3v) is 11.5. The van der Waals surface area contributed by atoms with Gasteiger partial charge in [-0.25, -0.2) is 0 Å². The summed E-state index contributed by atoms with van der Waals surface area (Å²) in [6.07, 6.45) is 77.7. The SMILES string of the molecule is CC/C=C\C/C=C\C/C=C\C/C=C\C/C=C\CCCCCC(=O)OCC(COC(=O)CCCCCCCCCCCCCCCCCC)OC(=O)CC/C=C\C/C=C\C/C=C\C/C=C\C/C=C\CC. The van der Waals surface area contributed by atoms with Gasteiger partial charge >= 0.3 is 17.9 Å². The van der Waals surface area contributed by atoms with E-state index in [-0.39, 0.29) is 31.6 Å². The van der Waals surface area contributed by atoms with Crippen molar-refractivity contribution < 1.29 is 28.6 Å². The minimum atomic E-state index is -0.833. The van der Waals surface area contributed by atoms with Crippen molar-refractivity contribution in [2.45, 2.75) is 245 Å². The molecule has 1 unspecified atom stereocenters. The van der Waals surface area contributed by atoms with Crippen LogP contribution in [0.1, 0.15) is 239 Å². The van der Waals surface area contributed by atoms with Gasteiger partial charge in [0.2, 0.25) is 0 Å². The normalized spacial score (nSPS) is 13.0. The lowest BCUT2D eigenvalue weighted by atomic mass is 10.0. The van der Waals surface area contributed by atoms with Crippen LogP contribution in [0, 0.1) is 0 Å². The van der Waals surface area contributed by atoms with Gasteiger partial charge in [0.1, 0.15) is 13.2 Å². The molecule has 0 aliphatic rings. The van der Waals surface area contributed by atoms with Crippen LogP contribution in [0.5, 0.6) is 0 Å². The highest BCUT2D eigenvalue weighted by Gasteiger charge is 2.19. The van der Waals surface area contributed by atoms with E-state index < -0.39 is 12.1 Å². The second-order valence-corrected chi connectivity index (χ2v) is 18.1.